The van der Waals surface area contributed by atoms with Crippen molar-refractivity contribution >= 4 is 60.3 Å². The van der Waals surface area contributed by atoms with Crippen LogP contribution >= 0.6 is 11.3 Å². The molecule has 0 aliphatic heterocycles. The highest BCUT2D eigenvalue weighted by Crippen LogP contribution is 2.49. The Hall–Kier alpha value is -4.66. The minimum absolute atomic E-state index is 1.02. The summed E-state index contributed by atoms with van der Waals surface area (Å²) < 4.78 is 4.88. The SMILES string of the molecule is C=C/C=C(\C=C/C)n1c(C=C)c(C=C)c2cc(-c3ccccc3)c3sc4c(-c5ccccc5)cccc4c3c21. The standard InChI is InChI=1S/C37H29NS/c1-5-16-27(17-6-2)38-33(8-4)28(7-3)32-24-31(26-20-13-10-14-21-26)37-34(35(32)38)30-23-15-22-29(36(30)39-37)25-18-11-9-12-19-25/h5-24H,1,3-4H2,2H3/b17-6-,27-16+. The smallest absolute Gasteiger partial charge is 0.0634 e. The number of fused-ring (bicyclic) bond motifs is 5. The molecule has 1 nitrogen and oxygen atoms in total. The van der Waals surface area contributed by atoms with Crippen molar-refractivity contribution in [2.75, 3.05) is 0 Å². The lowest BCUT2D eigenvalue weighted by molar-refractivity contribution is 1.16. The van der Waals surface area contributed by atoms with Gasteiger partial charge in [-0.05, 0) is 47.9 Å². The average Bonchev–Trinajstić information content (AvgIpc) is 3.52. The van der Waals surface area contributed by atoms with E-state index in [9.17, 15) is 0 Å². The molecule has 0 aliphatic carbocycles. The van der Waals surface area contributed by atoms with Crippen molar-refractivity contribution in [3.63, 3.8) is 0 Å². The van der Waals surface area contributed by atoms with Gasteiger partial charge in [0.15, 0.2) is 0 Å². The molecule has 0 N–H and O–H groups in total. The number of hydrogen-bond donors (Lipinski definition) is 0. The van der Waals surface area contributed by atoms with Gasteiger partial charge in [-0.3, -0.25) is 0 Å². The monoisotopic (exact) mass is 519 g/mol. The highest BCUT2D eigenvalue weighted by atomic mass is 32.1. The summed E-state index contributed by atoms with van der Waals surface area (Å²) in [5.41, 5.74) is 9.22. The first-order valence-corrected chi connectivity index (χ1v) is 13.9. The number of rotatable bonds is 7. The van der Waals surface area contributed by atoms with E-state index in [-0.39, 0.29) is 0 Å². The first-order valence-electron chi connectivity index (χ1n) is 13.1. The lowest BCUT2D eigenvalue weighted by Crippen LogP contribution is -1.98. The van der Waals surface area contributed by atoms with Crippen LogP contribution in [0.5, 0.6) is 0 Å². The third-order valence-electron chi connectivity index (χ3n) is 7.22. The van der Waals surface area contributed by atoms with Gasteiger partial charge in [0.2, 0.25) is 0 Å². The van der Waals surface area contributed by atoms with Gasteiger partial charge in [0, 0.05) is 42.4 Å². The lowest BCUT2D eigenvalue weighted by Gasteiger charge is -2.12. The summed E-state index contributed by atoms with van der Waals surface area (Å²) in [5.74, 6) is 0. The molecule has 0 unspecified atom stereocenters. The molecule has 4 aromatic carbocycles. The van der Waals surface area contributed by atoms with Crippen LogP contribution in [-0.4, -0.2) is 4.57 Å². The van der Waals surface area contributed by atoms with Gasteiger partial charge < -0.3 is 4.57 Å². The maximum absolute atomic E-state index is 4.22. The van der Waals surface area contributed by atoms with Gasteiger partial charge in [-0.25, -0.2) is 0 Å². The van der Waals surface area contributed by atoms with Gasteiger partial charge in [-0.1, -0.05) is 117 Å². The van der Waals surface area contributed by atoms with Gasteiger partial charge in [0.1, 0.15) is 0 Å². The average molecular weight is 520 g/mol. The lowest BCUT2D eigenvalue weighted by atomic mass is 9.97. The van der Waals surface area contributed by atoms with E-state index in [1.54, 1.807) is 0 Å². The second-order valence-electron chi connectivity index (χ2n) is 9.41. The van der Waals surface area contributed by atoms with Gasteiger partial charge in [-0.2, -0.15) is 0 Å². The Kier molecular flexibility index (Phi) is 6.48. The van der Waals surface area contributed by atoms with Gasteiger partial charge in [0.05, 0.1) is 11.2 Å². The van der Waals surface area contributed by atoms with Crippen LogP contribution in [0.15, 0.2) is 129 Å². The number of nitrogens with zero attached hydrogens (tertiary/aromatic N) is 1. The molecule has 0 aliphatic rings. The normalized spacial score (nSPS) is 12.1. The Balaban J connectivity index is 1.90. The number of thiophene rings is 1. The number of allylic oxidation sites excluding steroid dienone is 5. The molecule has 2 aromatic heterocycles. The summed E-state index contributed by atoms with van der Waals surface area (Å²) in [6.45, 7) is 14.5. The predicted molar refractivity (Wildman–Crippen MR) is 175 cm³/mol. The molecule has 0 saturated heterocycles. The largest absolute Gasteiger partial charge is 0.309 e. The Morgan fingerprint density at radius 2 is 1.44 bits per heavy atom. The first kappa shape index (κ1) is 24.7. The minimum Gasteiger partial charge on any atom is -0.309 e. The Morgan fingerprint density at radius 1 is 0.744 bits per heavy atom. The van der Waals surface area contributed by atoms with E-state index in [1.807, 2.05) is 36.5 Å². The van der Waals surface area contributed by atoms with Crippen LogP contribution in [0, 0.1) is 0 Å². The van der Waals surface area contributed by atoms with E-state index in [1.165, 1.54) is 42.4 Å². The molecule has 2 heteroatoms. The Labute approximate surface area is 233 Å². The van der Waals surface area contributed by atoms with Gasteiger partial charge in [0.25, 0.3) is 0 Å². The molecule has 188 valence electrons. The van der Waals surface area contributed by atoms with Crippen molar-refractivity contribution in [1.29, 1.82) is 0 Å². The van der Waals surface area contributed by atoms with Crippen LogP contribution in [0.1, 0.15) is 18.2 Å². The molecule has 2 heterocycles. The zero-order valence-corrected chi connectivity index (χ0v) is 22.8. The molecule has 0 spiro atoms. The highest BCUT2D eigenvalue weighted by Gasteiger charge is 2.23. The topological polar surface area (TPSA) is 4.93 Å². The fourth-order valence-corrected chi connectivity index (χ4v) is 7.01. The molecule has 0 fully saturated rings. The third kappa shape index (κ3) is 3.93. The van der Waals surface area contributed by atoms with E-state index in [0.717, 1.165) is 27.9 Å². The van der Waals surface area contributed by atoms with E-state index in [0.29, 0.717) is 0 Å². The Bertz CT molecular complexity index is 1940. The minimum atomic E-state index is 1.02. The summed E-state index contributed by atoms with van der Waals surface area (Å²) in [5, 5.41) is 3.66. The van der Waals surface area contributed by atoms with Crippen LogP contribution in [-0.2, 0) is 0 Å². The van der Waals surface area contributed by atoms with E-state index in [2.05, 4.69) is 127 Å². The first-order chi connectivity index (χ1) is 19.2. The van der Waals surface area contributed by atoms with Crippen molar-refractivity contribution in [3.8, 4) is 22.3 Å². The molecule has 6 rings (SSSR count). The molecular weight excluding hydrogens is 490 g/mol. The fourth-order valence-electron chi connectivity index (χ4n) is 5.63. The van der Waals surface area contributed by atoms with E-state index >= 15 is 0 Å². The molecule has 6 aromatic rings. The number of hydrogen-bond acceptors (Lipinski definition) is 1. The molecular formula is C37H29NS. The summed E-state index contributed by atoms with van der Waals surface area (Å²) in [4.78, 5) is 0. The second kappa shape index (κ2) is 10.2. The van der Waals surface area contributed by atoms with E-state index in [4.69, 9.17) is 0 Å². The van der Waals surface area contributed by atoms with Gasteiger partial charge in [-0.15, -0.1) is 11.3 Å². The number of aromatic nitrogens is 1. The van der Waals surface area contributed by atoms with Crippen LogP contribution in [0.2, 0.25) is 0 Å². The molecule has 0 atom stereocenters. The molecule has 0 radical (unpaired) electrons. The van der Waals surface area contributed by atoms with Crippen molar-refractivity contribution in [2.24, 2.45) is 0 Å². The van der Waals surface area contributed by atoms with Crippen molar-refractivity contribution < 1.29 is 0 Å². The molecule has 0 saturated carbocycles. The summed E-state index contributed by atoms with van der Waals surface area (Å²) in [6.07, 6.45) is 12.0. The van der Waals surface area contributed by atoms with E-state index < -0.39 is 0 Å². The summed E-state index contributed by atoms with van der Waals surface area (Å²) in [7, 11) is 0. The molecule has 0 amide bonds. The van der Waals surface area contributed by atoms with Crippen molar-refractivity contribution in [3.05, 3.63) is 140 Å². The van der Waals surface area contributed by atoms with Crippen LogP contribution in [0.3, 0.4) is 0 Å². The predicted octanol–water partition coefficient (Wildman–Crippen LogP) is 11.2. The highest BCUT2D eigenvalue weighted by molar-refractivity contribution is 7.27. The van der Waals surface area contributed by atoms with Crippen LogP contribution in [0.25, 0.3) is 71.2 Å². The fraction of sp³-hybridized carbons (Fsp3) is 0.0270. The number of benzene rings is 4. The maximum atomic E-state index is 4.22. The molecule has 39 heavy (non-hydrogen) atoms. The quantitative estimate of drug-likeness (QED) is 0.185. The third-order valence-corrected chi connectivity index (χ3v) is 8.49. The van der Waals surface area contributed by atoms with Gasteiger partial charge >= 0.3 is 0 Å². The second-order valence-corrected chi connectivity index (χ2v) is 10.4. The zero-order valence-electron chi connectivity index (χ0n) is 22.0. The van der Waals surface area contributed by atoms with Crippen LogP contribution < -0.4 is 0 Å². The maximum Gasteiger partial charge on any atom is 0.0634 e. The molecule has 0 bridgehead atoms. The zero-order chi connectivity index (χ0) is 26.9. The summed E-state index contributed by atoms with van der Waals surface area (Å²) >= 11 is 1.87. The van der Waals surface area contributed by atoms with Crippen LogP contribution in [0.4, 0.5) is 0 Å². The summed E-state index contributed by atoms with van der Waals surface area (Å²) in [6, 6.07) is 30.4. The van der Waals surface area contributed by atoms with Crippen molar-refractivity contribution in [1.82, 2.24) is 4.57 Å². The Morgan fingerprint density at radius 3 is 2.05 bits per heavy atom. The van der Waals surface area contributed by atoms with Crippen molar-refractivity contribution in [2.45, 2.75) is 6.92 Å².